The molecular weight excluding hydrogens is 248 g/mol. The Morgan fingerprint density at radius 1 is 1.35 bits per heavy atom. The lowest BCUT2D eigenvalue weighted by Gasteiger charge is -2.20. The molecular formula is C12H14ClF2NO. The quantitative estimate of drug-likeness (QED) is 0.746. The predicted molar refractivity (Wildman–Crippen MR) is 63.3 cm³/mol. The van der Waals surface area contributed by atoms with Gasteiger partial charge in [-0.3, -0.25) is 4.79 Å². The molecule has 0 radical (unpaired) electrons. The lowest BCUT2D eigenvalue weighted by atomic mass is 10.1. The van der Waals surface area contributed by atoms with Crippen LogP contribution >= 0.6 is 11.6 Å². The third-order valence-corrected chi connectivity index (χ3v) is 2.67. The first-order valence-corrected chi connectivity index (χ1v) is 5.94. The fourth-order valence-corrected chi connectivity index (χ4v) is 1.63. The Balaban J connectivity index is 2.93. The third kappa shape index (κ3) is 3.40. The van der Waals surface area contributed by atoms with E-state index in [1.165, 1.54) is 11.0 Å². The van der Waals surface area contributed by atoms with Gasteiger partial charge in [0.25, 0.3) is 5.91 Å². The fraction of sp³-hybridized carbons (Fsp3) is 0.417. The van der Waals surface area contributed by atoms with Gasteiger partial charge in [-0.05, 0) is 25.5 Å². The summed E-state index contributed by atoms with van der Waals surface area (Å²) in [7, 11) is 0. The maximum absolute atomic E-state index is 13.4. The highest BCUT2D eigenvalue weighted by Gasteiger charge is 2.21. The minimum absolute atomic E-state index is 0.392. The van der Waals surface area contributed by atoms with Gasteiger partial charge in [0.1, 0.15) is 17.2 Å². The Morgan fingerprint density at radius 3 is 2.41 bits per heavy atom. The topological polar surface area (TPSA) is 20.3 Å². The van der Waals surface area contributed by atoms with E-state index in [0.717, 1.165) is 12.1 Å². The summed E-state index contributed by atoms with van der Waals surface area (Å²) in [6.07, 6.45) is 0.594. The van der Waals surface area contributed by atoms with Gasteiger partial charge in [-0.15, -0.1) is 11.6 Å². The van der Waals surface area contributed by atoms with E-state index in [4.69, 9.17) is 11.6 Å². The number of carbonyl (C=O) groups excluding carboxylic acids is 1. The Labute approximate surface area is 104 Å². The molecule has 1 rings (SSSR count). The molecule has 0 aliphatic heterocycles. The molecule has 0 unspecified atom stereocenters. The number of hydrogen-bond donors (Lipinski definition) is 0. The molecule has 0 aliphatic carbocycles. The van der Waals surface area contributed by atoms with E-state index in [2.05, 4.69) is 0 Å². The van der Waals surface area contributed by atoms with Crippen molar-refractivity contribution in [1.82, 2.24) is 4.90 Å². The van der Waals surface area contributed by atoms with Gasteiger partial charge in [-0.25, -0.2) is 8.78 Å². The molecule has 5 heteroatoms. The number of halogens is 3. The van der Waals surface area contributed by atoms with Gasteiger partial charge in [0, 0.05) is 19.0 Å². The molecule has 0 saturated heterocycles. The Hall–Kier alpha value is -1.16. The van der Waals surface area contributed by atoms with Crippen molar-refractivity contribution in [2.75, 3.05) is 19.0 Å². The average molecular weight is 262 g/mol. The summed E-state index contributed by atoms with van der Waals surface area (Å²) in [5.41, 5.74) is -0.496. The van der Waals surface area contributed by atoms with Crippen LogP contribution < -0.4 is 0 Å². The van der Waals surface area contributed by atoms with E-state index in [0.29, 0.717) is 25.4 Å². The smallest absolute Gasteiger partial charge is 0.259 e. The van der Waals surface area contributed by atoms with Crippen LogP contribution in [0.2, 0.25) is 0 Å². The monoisotopic (exact) mass is 261 g/mol. The molecule has 94 valence electrons. The molecule has 0 aromatic heterocycles. The molecule has 1 aromatic rings. The van der Waals surface area contributed by atoms with E-state index in [9.17, 15) is 13.6 Å². The van der Waals surface area contributed by atoms with E-state index in [-0.39, 0.29) is 0 Å². The van der Waals surface area contributed by atoms with Crippen molar-refractivity contribution in [3.63, 3.8) is 0 Å². The van der Waals surface area contributed by atoms with Crippen LogP contribution in [0.4, 0.5) is 8.78 Å². The van der Waals surface area contributed by atoms with Crippen molar-refractivity contribution in [1.29, 1.82) is 0 Å². The molecule has 0 atom stereocenters. The zero-order valence-electron chi connectivity index (χ0n) is 9.55. The van der Waals surface area contributed by atoms with Crippen LogP contribution in [0.15, 0.2) is 18.2 Å². The van der Waals surface area contributed by atoms with Crippen LogP contribution in [0.3, 0.4) is 0 Å². The van der Waals surface area contributed by atoms with Gasteiger partial charge in [-0.1, -0.05) is 6.07 Å². The number of alkyl halides is 1. The Bertz CT molecular complexity index is 378. The number of benzene rings is 1. The van der Waals surface area contributed by atoms with Gasteiger partial charge < -0.3 is 4.90 Å². The first-order chi connectivity index (χ1) is 8.11. The predicted octanol–water partition coefficient (Wildman–Crippen LogP) is 3.06. The molecule has 0 heterocycles. The highest BCUT2D eigenvalue weighted by Crippen LogP contribution is 2.15. The van der Waals surface area contributed by atoms with E-state index >= 15 is 0 Å². The molecule has 0 saturated carbocycles. The molecule has 1 aromatic carbocycles. The summed E-state index contributed by atoms with van der Waals surface area (Å²) in [4.78, 5) is 13.3. The molecule has 0 N–H and O–H groups in total. The fourth-order valence-electron chi connectivity index (χ4n) is 1.51. The Kier molecular flexibility index (Phi) is 5.35. The van der Waals surface area contributed by atoms with Gasteiger partial charge in [-0.2, -0.15) is 0 Å². The molecule has 0 fully saturated rings. The second-order valence-electron chi connectivity index (χ2n) is 3.52. The van der Waals surface area contributed by atoms with Gasteiger partial charge in [0.05, 0.1) is 0 Å². The zero-order valence-corrected chi connectivity index (χ0v) is 10.3. The zero-order chi connectivity index (χ0) is 12.8. The summed E-state index contributed by atoms with van der Waals surface area (Å²) < 4.78 is 26.8. The largest absolute Gasteiger partial charge is 0.339 e. The molecule has 0 spiro atoms. The summed E-state index contributed by atoms with van der Waals surface area (Å²) in [6.45, 7) is 2.54. The standard InChI is InChI=1S/C12H14ClF2NO/c1-2-16(8-4-7-13)12(17)11-9(14)5-3-6-10(11)15/h3,5-6H,2,4,7-8H2,1H3. The second kappa shape index (κ2) is 6.55. The van der Waals surface area contributed by atoms with Gasteiger partial charge in [0.15, 0.2) is 0 Å². The Morgan fingerprint density at radius 2 is 1.94 bits per heavy atom. The molecule has 0 bridgehead atoms. The lowest BCUT2D eigenvalue weighted by Crippen LogP contribution is -2.33. The number of amides is 1. The maximum atomic E-state index is 13.4. The minimum Gasteiger partial charge on any atom is -0.339 e. The van der Waals surface area contributed by atoms with Crippen LogP contribution in [0.5, 0.6) is 0 Å². The average Bonchev–Trinajstić information content (AvgIpc) is 2.30. The van der Waals surface area contributed by atoms with Crippen molar-refractivity contribution >= 4 is 17.5 Å². The first-order valence-electron chi connectivity index (χ1n) is 5.41. The second-order valence-corrected chi connectivity index (χ2v) is 3.90. The minimum atomic E-state index is -0.834. The van der Waals surface area contributed by atoms with Gasteiger partial charge >= 0.3 is 0 Å². The normalized spacial score (nSPS) is 10.4. The van der Waals surface area contributed by atoms with Crippen LogP contribution in [-0.2, 0) is 0 Å². The maximum Gasteiger partial charge on any atom is 0.259 e. The number of rotatable bonds is 5. The van der Waals surface area contributed by atoms with Crippen molar-refractivity contribution in [2.45, 2.75) is 13.3 Å². The highest BCUT2D eigenvalue weighted by atomic mass is 35.5. The summed E-state index contributed by atoms with van der Waals surface area (Å²) in [6, 6.07) is 3.38. The van der Waals surface area contributed by atoms with Crippen LogP contribution in [0, 0.1) is 11.6 Å². The lowest BCUT2D eigenvalue weighted by molar-refractivity contribution is 0.0755. The van der Waals surface area contributed by atoms with Crippen molar-refractivity contribution in [3.8, 4) is 0 Å². The summed E-state index contributed by atoms with van der Waals surface area (Å²) >= 11 is 5.53. The summed E-state index contributed by atoms with van der Waals surface area (Å²) in [5.74, 6) is -1.89. The third-order valence-electron chi connectivity index (χ3n) is 2.41. The van der Waals surface area contributed by atoms with E-state index < -0.39 is 23.1 Å². The number of hydrogen-bond acceptors (Lipinski definition) is 1. The molecule has 1 amide bonds. The van der Waals surface area contributed by atoms with Crippen molar-refractivity contribution in [3.05, 3.63) is 35.4 Å². The number of nitrogens with zero attached hydrogens (tertiary/aromatic N) is 1. The van der Waals surface area contributed by atoms with E-state index in [1.807, 2.05) is 0 Å². The summed E-state index contributed by atoms with van der Waals surface area (Å²) in [5, 5.41) is 0. The van der Waals surface area contributed by atoms with E-state index in [1.54, 1.807) is 6.92 Å². The van der Waals surface area contributed by atoms with Crippen molar-refractivity contribution < 1.29 is 13.6 Å². The molecule has 0 aliphatic rings. The van der Waals surface area contributed by atoms with Gasteiger partial charge in [0.2, 0.25) is 0 Å². The molecule has 2 nitrogen and oxygen atoms in total. The number of carbonyl (C=O) groups is 1. The van der Waals surface area contributed by atoms with Crippen molar-refractivity contribution in [2.24, 2.45) is 0 Å². The van der Waals surface area contributed by atoms with Crippen LogP contribution in [0.1, 0.15) is 23.7 Å². The molecule has 17 heavy (non-hydrogen) atoms. The van der Waals surface area contributed by atoms with Crippen LogP contribution in [0.25, 0.3) is 0 Å². The SMILES string of the molecule is CCN(CCCCl)C(=O)c1c(F)cccc1F. The first kappa shape index (κ1) is 13.9. The van der Waals surface area contributed by atoms with Crippen LogP contribution in [-0.4, -0.2) is 29.8 Å². The highest BCUT2D eigenvalue weighted by molar-refractivity contribution is 6.17.